The fourth-order valence-corrected chi connectivity index (χ4v) is 3.12. The molecule has 6 nitrogen and oxygen atoms in total. The lowest BCUT2D eigenvalue weighted by atomic mass is 10.0. The third-order valence-corrected chi connectivity index (χ3v) is 4.70. The predicted octanol–water partition coefficient (Wildman–Crippen LogP) is 3.06. The van der Waals surface area contributed by atoms with Gasteiger partial charge in [0.25, 0.3) is 5.91 Å². The highest BCUT2D eigenvalue weighted by atomic mass is 32.1. The summed E-state index contributed by atoms with van der Waals surface area (Å²) in [4.78, 5) is 24.4. The van der Waals surface area contributed by atoms with Crippen LogP contribution >= 0.6 is 11.3 Å². The van der Waals surface area contributed by atoms with Crippen LogP contribution in [0.5, 0.6) is 5.75 Å². The van der Waals surface area contributed by atoms with E-state index < -0.39 is 5.91 Å². The molecule has 7 heteroatoms. The van der Waals surface area contributed by atoms with Gasteiger partial charge in [0.2, 0.25) is 5.91 Å². The van der Waals surface area contributed by atoms with E-state index in [4.69, 9.17) is 10.00 Å². The third-order valence-electron chi connectivity index (χ3n) is 3.83. The Morgan fingerprint density at radius 1 is 0.929 bits per heavy atom. The van der Waals surface area contributed by atoms with Crippen LogP contribution in [0.4, 0.5) is 0 Å². The summed E-state index contributed by atoms with van der Waals surface area (Å²) >= 11 is 1.48. The second-order valence-corrected chi connectivity index (χ2v) is 6.89. The molecular formula is C21H17N3O3S. The van der Waals surface area contributed by atoms with Crippen LogP contribution in [0.3, 0.4) is 0 Å². The summed E-state index contributed by atoms with van der Waals surface area (Å²) in [7, 11) is 0. The predicted molar refractivity (Wildman–Crippen MR) is 106 cm³/mol. The summed E-state index contributed by atoms with van der Waals surface area (Å²) in [6.07, 6.45) is 0.218. The first-order valence-corrected chi connectivity index (χ1v) is 9.35. The molecule has 0 aliphatic rings. The van der Waals surface area contributed by atoms with Gasteiger partial charge >= 0.3 is 0 Å². The smallest absolute Gasteiger partial charge is 0.276 e. The van der Waals surface area contributed by atoms with E-state index >= 15 is 0 Å². The molecular weight excluding hydrogens is 374 g/mol. The first-order valence-electron chi connectivity index (χ1n) is 8.47. The molecule has 0 fully saturated rings. The molecule has 2 N–H and O–H groups in total. The van der Waals surface area contributed by atoms with E-state index in [9.17, 15) is 9.59 Å². The van der Waals surface area contributed by atoms with E-state index in [1.165, 1.54) is 11.3 Å². The van der Waals surface area contributed by atoms with Crippen molar-refractivity contribution in [2.45, 2.75) is 6.42 Å². The molecule has 1 heterocycles. The number of rotatable bonds is 6. The van der Waals surface area contributed by atoms with Gasteiger partial charge in [0.1, 0.15) is 5.75 Å². The zero-order valence-corrected chi connectivity index (χ0v) is 15.7. The standard InChI is InChI=1S/C21H17N3O3S/c22-13-15-3-5-16(6-4-15)17-7-9-18(10-8-17)27-14-21(26)24-23-20(25)12-19-2-1-11-28-19/h1-11H,12,14H2,(H,23,25)(H,24,26). The number of carbonyl (C=O) groups excluding carboxylic acids is 2. The van der Waals surface area contributed by atoms with E-state index in [-0.39, 0.29) is 18.9 Å². The van der Waals surface area contributed by atoms with Crippen molar-refractivity contribution in [2.24, 2.45) is 0 Å². The fourth-order valence-electron chi connectivity index (χ4n) is 2.42. The van der Waals surface area contributed by atoms with E-state index in [0.717, 1.165) is 16.0 Å². The van der Waals surface area contributed by atoms with Gasteiger partial charge in [0.05, 0.1) is 18.1 Å². The molecule has 0 aliphatic heterocycles. The Morgan fingerprint density at radius 3 is 2.18 bits per heavy atom. The van der Waals surface area contributed by atoms with Gasteiger partial charge in [0, 0.05) is 4.88 Å². The van der Waals surface area contributed by atoms with E-state index in [1.807, 2.05) is 41.8 Å². The Bertz CT molecular complexity index is 975. The molecule has 0 atom stereocenters. The summed E-state index contributed by atoms with van der Waals surface area (Å²) in [6.45, 7) is -0.213. The zero-order chi connectivity index (χ0) is 19.8. The van der Waals surface area contributed by atoms with Crippen LogP contribution in [0.2, 0.25) is 0 Å². The number of nitrogens with zero attached hydrogens (tertiary/aromatic N) is 1. The van der Waals surface area contributed by atoms with Crippen LogP contribution in [-0.4, -0.2) is 18.4 Å². The number of hydrogen-bond donors (Lipinski definition) is 2. The van der Waals surface area contributed by atoms with Crippen LogP contribution < -0.4 is 15.6 Å². The minimum absolute atomic E-state index is 0.213. The average molecular weight is 391 g/mol. The van der Waals surface area contributed by atoms with Gasteiger partial charge in [-0.05, 0) is 46.8 Å². The second-order valence-electron chi connectivity index (χ2n) is 5.85. The maximum absolute atomic E-state index is 11.8. The van der Waals surface area contributed by atoms with Crippen molar-refractivity contribution in [1.29, 1.82) is 5.26 Å². The molecule has 0 radical (unpaired) electrons. The van der Waals surface area contributed by atoms with Gasteiger partial charge in [-0.2, -0.15) is 5.26 Å². The summed E-state index contributed by atoms with van der Waals surface area (Å²) < 4.78 is 5.43. The minimum Gasteiger partial charge on any atom is -0.484 e. The summed E-state index contributed by atoms with van der Waals surface area (Å²) in [5.41, 5.74) is 7.26. The van der Waals surface area contributed by atoms with E-state index in [1.54, 1.807) is 24.3 Å². The van der Waals surface area contributed by atoms with Crippen molar-refractivity contribution in [1.82, 2.24) is 10.9 Å². The lowest BCUT2D eigenvalue weighted by molar-refractivity contribution is -0.129. The number of ether oxygens (including phenoxy) is 1. The number of thiophene rings is 1. The van der Waals surface area contributed by atoms with Gasteiger partial charge < -0.3 is 4.74 Å². The molecule has 3 rings (SSSR count). The SMILES string of the molecule is N#Cc1ccc(-c2ccc(OCC(=O)NNC(=O)Cc3cccs3)cc2)cc1. The van der Waals surface area contributed by atoms with Crippen molar-refractivity contribution in [3.05, 3.63) is 76.5 Å². The molecule has 0 unspecified atom stereocenters. The molecule has 140 valence electrons. The number of amides is 2. The molecule has 1 aromatic heterocycles. The lowest BCUT2D eigenvalue weighted by Gasteiger charge is -2.09. The Kier molecular flexibility index (Phi) is 6.39. The van der Waals surface area contributed by atoms with Gasteiger partial charge in [-0.1, -0.05) is 30.3 Å². The van der Waals surface area contributed by atoms with Crippen molar-refractivity contribution in [3.63, 3.8) is 0 Å². The first kappa shape index (κ1) is 19.1. The Balaban J connectivity index is 1.44. The highest BCUT2D eigenvalue weighted by Gasteiger charge is 2.07. The van der Waals surface area contributed by atoms with Gasteiger partial charge in [-0.25, -0.2) is 0 Å². The molecule has 0 spiro atoms. The Labute approximate surface area is 166 Å². The Hall–Kier alpha value is -3.63. The zero-order valence-electron chi connectivity index (χ0n) is 14.8. The topological polar surface area (TPSA) is 91.2 Å². The number of carbonyl (C=O) groups is 2. The van der Waals surface area contributed by atoms with Gasteiger partial charge in [-0.15, -0.1) is 11.3 Å². The van der Waals surface area contributed by atoms with Crippen molar-refractivity contribution >= 4 is 23.2 Å². The van der Waals surface area contributed by atoms with Crippen LogP contribution in [0.1, 0.15) is 10.4 Å². The van der Waals surface area contributed by atoms with E-state index in [0.29, 0.717) is 11.3 Å². The van der Waals surface area contributed by atoms with Crippen LogP contribution in [-0.2, 0) is 16.0 Å². The average Bonchev–Trinajstić information content (AvgIpc) is 3.24. The normalized spacial score (nSPS) is 9.96. The van der Waals surface area contributed by atoms with Crippen molar-refractivity contribution in [2.75, 3.05) is 6.61 Å². The van der Waals surface area contributed by atoms with Gasteiger partial charge in [-0.3, -0.25) is 20.4 Å². The summed E-state index contributed by atoms with van der Waals surface area (Å²) in [6, 6.07) is 20.3. The summed E-state index contributed by atoms with van der Waals surface area (Å²) in [5, 5.41) is 10.7. The van der Waals surface area contributed by atoms with Crippen LogP contribution in [0.25, 0.3) is 11.1 Å². The molecule has 28 heavy (non-hydrogen) atoms. The first-order chi connectivity index (χ1) is 13.6. The van der Waals surface area contributed by atoms with Crippen LogP contribution in [0, 0.1) is 11.3 Å². The molecule has 2 amide bonds. The molecule has 0 saturated carbocycles. The lowest BCUT2D eigenvalue weighted by Crippen LogP contribution is -2.44. The molecule has 0 aliphatic carbocycles. The number of hydrazine groups is 1. The van der Waals surface area contributed by atoms with Gasteiger partial charge in [0.15, 0.2) is 6.61 Å². The highest BCUT2D eigenvalue weighted by Crippen LogP contribution is 2.22. The summed E-state index contributed by atoms with van der Waals surface area (Å²) in [5.74, 6) is -0.198. The number of hydrogen-bond acceptors (Lipinski definition) is 5. The quantitative estimate of drug-likeness (QED) is 0.632. The molecule has 2 aromatic carbocycles. The monoisotopic (exact) mass is 391 g/mol. The number of nitrogens with one attached hydrogen (secondary N) is 2. The fraction of sp³-hybridized carbons (Fsp3) is 0.0952. The largest absolute Gasteiger partial charge is 0.484 e. The van der Waals surface area contributed by atoms with Crippen LogP contribution in [0.15, 0.2) is 66.0 Å². The van der Waals surface area contributed by atoms with Crippen molar-refractivity contribution in [3.8, 4) is 22.9 Å². The maximum atomic E-state index is 11.8. The van der Waals surface area contributed by atoms with Crippen molar-refractivity contribution < 1.29 is 14.3 Å². The number of nitriles is 1. The third kappa shape index (κ3) is 5.43. The molecule has 0 saturated heterocycles. The number of benzene rings is 2. The second kappa shape index (κ2) is 9.35. The highest BCUT2D eigenvalue weighted by molar-refractivity contribution is 7.10. The molecule has 0 bridgehead atoms. The Morgan fingerprint density at radius 2 is 1.57 bits per heavy atom. The van der Waals surface area contributed by atoms with E-state index in [2.05, 4.69) is 16.9 Å². The maximum Gasteiger partial charge on any atom is 0.276 e. The minimum atomic E-state index is -0.448. The molecule has 3 aromatic rings.